The molecule has 4 atom stereocenters. The number of hydrogen-bond donors (Lipinski definition) is 3. The molecule has 2 aliphatic heterocycles. The summed E-state index contributed by atoms with van der Waals surface area (Å²) in [5.74, 6) is -1.96. The maximum absolute atomic E-state index is 13.1. The fourth-order valence-electron chi connectivity index (χ4n) is 3.81. The summed E-state index contributed by atoms with van der Waals surface area (Å²) in [5.41, 5.74) is 4.77. The number of hydrogen-bond acceptors (Lipinski definition) is 5. The molecule has 0 bridgehead atoms. The van der Waals surface area contributed by atoms with Gasteiger partial charge in [-0.3, -0.25) is 19.9 Å². The molecule has 0 aromatic heterocycles. The maximum Gasteiger partial charge on any atom is 0.236 e. The van der Waals surface area contributed by atoms with Gasteiger partial charge in [0.25, 0.3) is 0 Å². The second kappa shape index (κ2) is 7.09. The van der Waals surface area contributed by atoms with Crippen molar-refractivity contribution >= 4 is 23.1 Å². The van der Waals surface area contributed by atoms with Crippen LogP contribution in [0.4, 0.5) is 15.8 Å². The molecule has 0 saturated carbocycles. The Morgan fingerprint density at radius 1 is 1.15 bits per heavy atom. The second-order valence-corrected chi connectivity index (χ2v) is 6.95. The first-order valence-corrected chi connectivity index (χ1v) is 8.98. The Hall–Kier alpha value is -2.77. The van der Waals surface area contributed by atoms with Crippen LogP contribution in [0.1, 0.15) is 6.92 Å². The minimum Gasteiger partial charge on any atom is -0.325 e. The van der Waals surface area contributed by atoms with Crippen molar-refractivity contribution in [2.75, 3.05) is 16.9 Å². The molecule has 0 spiro atoms. The molecule has 2 aromatic carbocycles. The van der Waals surface area contributed by atoms with Crippen LogP contribution in [-0.2, 0) is 9.59 Å². The highest BCUT2D eigenvalue weighted by molar-refractivity contribution is 6.09. The van der Waals surface area contributed by atoms with Gasteiger partial charge in [-0.05, 0) is 43.3 Å². The molecule has 4 rings (SSSR count). The Morgan fingerprint density at radius 2 is 1.85 bits per heavy atom. The molecule has 2 heterocycles. The molecule has 3 N–H and O–H groups in total. The number of carbonyl (C=O) groups excluding carboxylic acids is 2. The van der Waals surface area contributed by atoms with E-state index in [9.17, 15) is 14.0 Å². The summed E-state index contributed by atoms with van der Waals surface area (Å²) in [4.78, 5) is 25.7. The number of nitrogens with zero attached hydrogens (tertiary/aromatic N) is 1. The Kier molecular flexibility index (Phi) is 4.63. The lowest BCUT2D eigenvalue weighted by molar-refractivity contribution is -0.136. The van der Waals surface area contributed by atoms with Crippen LogP contribution in [0, 0.1) is 17.7 Å². The average molecular weight is 368 g/mol. The van der Waals surface area contributed by atoms with Crippen molar-refractivity contribution in [3.05, 3.63) is 60.4 Å². The molecule has 2 aromatic rings. The third-order valence-corrected chi connectivity index (χ3v) is 5.17. The van der Waals surface area contributed by atoms with Crippen LogP contribution in [0.25, 0.3) is 0 Å². The molecular weight excluding hydrogens is 347 g/mol. The van der Waals surface area contributed by atoms with Crippen LogP contribution < -0.4 is 21.1 Å². The zero-order valence-corrected chi connectivity index (χ0v) is 14.9. The first-order valence-electron chi connectivity index (χ1n) is 8.98. The summed E-state index contributed by atoms with van der Waals surface area (Å²) < 4.78 is 13.0. The van der Waals surface area contributed by atoms with Crippen molar-refractivity contribution in [2.24, 2.45) is 11.8 Å². The van der Waals surface area contributed by atoms with Crippen molar-refractivity contribution in [2.45, 2.75) is 19.1 Å². The number of hydrazine groups is 1. The van der Waals surface area contributed by atoms with Crippen LogP contribution >= 0.6 is 0 Å². The smallest absolute Gasteiger partial charge is 0.236 e. The molecule has 7 heteroatoms. The number of fused-ring (bicyclic) bond motifs is 1. The molecule has 0 radical (unpaired) electrons. The highest BCUT2D eigenvalue weighted by Crippen LogP contribution is 2.31. The summed E-state index contributed by atoms with van der Waals surface area (Å²) >= 11 is 0. The lowest BCUT2D eigenvalue weighted by atomic mass is 9.83. The number of anilines is 2. The van der Waals surface area contributed by atoms with Gasteiger partial charge in [0, 0.05) is 18.3 Å². The van der Waals surface area contributed by atoms with E-state index in [-0.39, 0.29) is 42.2 Å². The summed E-state index contributed by atoms with van der Waals surface area (Å²) in [6.07, 6.45) is -0.204. The predicted molar refractivity (Wildman–Crippen MR) is 100 cm³/mol. The molecule has 27 heavy (non-hydrogen) atoms. The molecule has 2 fully saturated rings. The van der Waals surface area contributed by atoms with Gasteiger partial charge in [-0.2, -0.15) is 0 Å². The zero-order chi connectivity index (χ0) is 19.0. The first kappa shape index (κ1) is 17.6. The summed E-state index contributed by atoms with van der Waals surface area (Å²) in [6.45, 7) is 2.20. The van der Waals surface area contributed by atoms with Crippen molar-refractivity contribution in [3.8, 4) is 0 Å². The third kappa shape index (κ3) is 3.31. The highest BCUT2D eigenvalue weighted by Gasteiger charge is 2.50. The Balaban J connectivity index is 1.49. The number of halogens is 1. The molecule has 6 nitrogen and oxygen atoms in total. The summed E-state index contributed by atoms with van der Waals surface area (Å²) in [6, 6.07) is 15.2. The molecule has 4 unspecified atom stereocenters. The third-order valence-electron chi connectivity index (χ3n) is 5.17. The van der Waals surface area contributed by atoms with Crippen molar-refractivity contribution in [1.29, 1.82) is 0 Å². The van der Waals surface area contributed by atoms with Crippen molar-refractivity contribution in [3.63, 3.8) is 0 Å². The van der Waals surface area contributed by atoms with Gasteiger partial charge in [0.1, 0.15) is 17.9 Å². The van der Waals surface area contributed by atoms with Gasteiger partial charge in [-0.25, -0.2) is 9.82 Å². The van der Waals surface area contributed by atoms with Crippen LogP contribution in [0.5, 0.6) is 0 Å². The van der Waals surface area contributed by atoms with E-state index in [1.54, 1.807) is 0 Å². The lowest BCUT2D eigenvalue weighted by Gasteiger charge is -2.35. The van der Waals surface area contributed by atoms with Gasteiger partial charge >= 0.3 is 0 Å². The van der Waals surface area contributed by atoms with Crippen molar-refractivity contribution in [1.82, 2.24) is 10.7 Å². The minimum absolute atomic E-state index is 0.0863. The molecule has 140 valence electrons. The highest BCUT2D eigenvalue weighted by atomic mass is 19.1. The van der Waals surface area contributed by atoms with Gasteiger partial charge in [0.05, 0.1) is 11.6 Å². The number of amides is 1. The Labute approximate surface area is 156 Å². The summed E-state index contributed by atoms with van der Waals surface area (Å²) in [7, 11) is 0. The minimum atomic E-state index is -0.781. The van der Waals surface area contributed by atoms with E-state index >= 15 is 0 Å². The van der Waals surface area contributed by atoms with Crippen LogP contribution in [0.2, 0.25) is 0 Å². The van der Waals surface area contributed by atoms with E-state index in [1.807, 2.05) is 42.3 Å². The number of rotatable bonds is 3. The van der Waals surface area contributed by atoms with Gasteiger partial charge in [-0.15, -0.1) is 0 Å². The van der Waals surface area contributed by atoms with Gasteiger partial charge in [0.2, 0.25) is 5.91 Å². The molecule has 2 saturated heterocycles. The Morgan fingerprint density at radius 3 is 2.56 bits per heavy atom. The van der Waals surface area contributed by atoms with E-state index in [2.05, 4.69) is 16.1 Å². The summed E-state index contributed by atoms with van der Waals surface area (Å²) in [5, 5.41) is 8.00. The Bertz CT molecular complexity index is 843. The van der Waals surface area contributed by atoms with Crippen LogP contribution in [0.15, 0.2) is 54.6 Å². The van der Waals surface area contributed by atoms with E-state index in [0.717, 1.165) is 5.69 Å². The fourth-order valence-corrected chi connectivity index (χ4v) is 3.81. The molecule has 2 aliphatic rings. The number of ketones is 1. The van der Waals surface area contributed by atoms with Crippen LogP contribution in [0.3, 0.4) is 0 Å². The number of Topliss-reactive ketones (excluding diaryl/α,β-unsaturated/α-hetero) is 1. The fraction of sp³-hybridized carbons (Fsp3) is 0.300. The van der Waals surface area contributed by atoms with Gasteiger partial charge in [0.15, 0.2) is 5.78 Å². The monoisotopic (exact) mass is 368 g/mol. The number of piperidine rings is 1. The largest absolute Gasteiger partial charge is 0.325 e. The van der Waals surface area contributed by atoms with E-state index in [0.29, 0.717) is 5.69 Å². The van der Waals surface area contributed by atoms with E-state index in [4.69, 9.17) is 0 Å². The van der Waals surface area contributed by atoms with E-state index < -0.39 is 5.92 Å². The van der Waals surface area contributed by atoms with Gasteiger partial charge in [-0.1, -0.05) is 18.2 Å². The number of nitrogens with one attached hydrogen (secondary N) is 3. The lowest BCUT2D eigenvalue weighted by Crippen LogP contribution is -2.58. The normalized spacial score (nSPS) is 27.3. The second-order valence-electron chi connectivity index (χ2n) is 6.95. The average Bonchev–Trinajstić information content (AvgIpc) is 3.02. The number of benzene rings is 2. The topological polar surface area (TPSA) is 73.5 Å². The number of carbonyl (C=O) groups is 2. The van der Waals surface area contributed by atoms with Crippen molar-refractivity contribution < 1.29 is 14.0 Å². The zero-order valence-electron chi connectivity index (χ0n) is 14.9. The quantitative estimate of drug-likeness (QED) is 0.722. The standard InChI is InChI=1S/C20H21FN4O2/c1-12-17-18(26)16(20(27)23-14-9-7-13(21)8-10-14)11-22-19(17)25(24-12)15-5-3-2-4-6-15/h2-10,12,16-17,19,22,24H,11H2,1H3,(H,23,27). The number of para-hydroxylation sites is 1. The maximum atomic E-state index is 13.1. The van der Waals surface area contributed by atoms with Crippen LogP contribution in [-0.4, -0.2) is 30.4 Å². The SMILES string of the molecule is CC1NN(c2ccccc2)C2NCC(C(=O)Nc3ccc(F)cc3)C(=O)C12. The molecule has 1 amide bonds. The molecular formula is C20H21FN4O2. The first-order chi connectivity index (χ1) is 13.0. The van der Waals surface area contributed by atoms with Gasteiger partial charge < -0.3 is 5.32 Å². The predicted octanol–water partition coefficient (Wildman–Crippen LogP) is 1.91. The van der Waals surface area contributed by atoms with E-state index in [1.165, 1.54) is 24.3 Å². The molecule has 0 aliphatic carbocycles.